The number of hydrogen-bond donors (Lipinski definition) is 0. The first-order valence-corrected chi connectivity index (χ1v) is 5.49. The summed E-state index contributed by atoms with van der Waals surface area (Å²) in [6.07, 6.45) is 2.46. The fourth-order valence-electron chi connectivity index (χ4n) is 1.50. The number of aromatic nitrogens is 1. The van der Waals surface area contributed by atoms with Gasteiger partial charge in [-0.3, -0.25) is 14.9 Å². The van der Waals surface area contributed by atoms with E-state index in [1.165, 1.54) is 12.1 Å². The van der Waals surface area contributed by atoms with Gasteiger partial charge in [0.15, 0.2) is 6.29 Å². The molecule has 0 fully saturated rings. The molecule has 0 aliphatic rings. The molecule has 0 N–H and O–H groups in total. The Bertz CT molecular complexity index is 575. The van der Waals surface area contributed by atoms with Crippen LogP contribution < -0.4 is 0 Å². The standard InChI is InChI=1S/C11H7BrN2O3/c12-8-5-11(7-15)13(6-8)9-1-3-10(4-2-9)14(16)17/h1-7H. The van der Waals surface area contributed by atoms with Gasteiger partial charge in [-0.2, -0.15) is 0 Å². The van der Waals surface area contributed by atoms with Crippen LogP contribution in [0.3, 0.4) is 0 Å². The van der Waals surface area contributed by atoms with E-state index in [1.807, 2.05) is 0 Å². The highest BCUT2D eigenvalue weighted by Gasteiger charge is 2.08. The second kappa shape index (κ2) is 4.50. The number of rotatable bonds is 3. The summed E-state index contributed by atoms with van der Waals surface area (Å²) in [5.41, 5.74) is 1.20. The van der Waals surface area contributed by atoms with Gasteiger partial charge < -0.3 is 4.57 Å². The summed E-state index contributed by atoms with van der Waals surface area (Å²) >= 11 is 3.27. The lowest BCUT2D eigenvalue weighted by molar-refractivity contribution is -0.384. The predicted molar refractivity (Wildman–Crippen MR) is 65.5 cm³/mol. The summed E-state index contributed by atoms with van der Waals surface area (Å²) in [5, 5.41) is 10.5. The number of nitrogens with zero attached hydrogens (tertiary/aromatic N) is 2. The summed E-state index contributed by atoms with van der Waals surface area (Å²) in [5.74, 6) is 0. The van der Waals surface area contributed by atoms with Crippen LogP contribution in [0.5, 0.6) is 0 Å². The van der Waals surface area contributed by atoms with Gasteiger partial charge in [0.25, 0.3) is 5.69 Å². The van der Waals surface area contributed by atoms with E-state index in [1.54, 1.807) is 29.0 Å². The lowest BCUT2D eigenvalue weighted by Gasteiger charge is -2.04. The van der Waals surface area contributed by atoms with Gasteiger partial charge in [-0.25, -0.2) is 0 Å². The van der Waals surface area contributed by atoms with Crippen LogP contribution in [0, 0.1) is 10.1 Å². The molecule has 0 amide bonds. The average Bonchev–Trinajstić information content (AvgIpc) is 2.70. The second-order valence-electron chi connectivity index (χ2n) is 3.34. The molecular formula is C11H7BrN2O3. The number of non-ortho nitro benzene ring substituents is 1. The van der Waals surface area contributed by atoms with E-state index in [0.29, 0.717) is 11.4 Å². The highest BCUT2D eigenvalue weighted by Crippen LogP contribution is 2.20. The molecular weight excluding hydrogens is 288 g/mol. The Hall–Kier alpha value is -1.95. The molecule has 0 unspecified atom stereocenters. The van der Waals surface area contributed by atoms with Crippen molar-refractivity contribution in [3.05, 3.63) is 56.8 Å². The van der Waals surface area contributed by atoms with Crippen molar-refractivity contribution < 1.29 is 9.72 Å². The Morgan fingerprint density at radius 3 is 2.47 bits per heavy atom. The van der Waals surface area contributed by atoms with Crippen molar-refractivity contribution in [2.24, 2.45) is 0 Å². The summed E-state index contributed by atoms with van der Waals surface area (Å²) in [7, 11) is 0. The normalized spacial score (nSPS) is 10.2. The topological polar surface area (TPSA) is 65.1 Å². The third-order valence-electron chi connectivity index (χ3n) is 2.28. The predicted octanol–water partition coefficient (Wildman–Crippen LogP) is 2.96. The minimum atomic E-state index is -0.462. The molecule has 0 saturated heterocycles. The molecule has 2 aromatic rings. The monoisotopic (exact) mass is 294 g/mol. The molecule has 5 nitrogen and oxygen atoms in total. The largest absolute Gasteiger partial charge is 0.313 e. The minimum absolute atomic E-state index is 0.0209. The van der Waals surface area contributed by atoms with Crippen LogP contribution in [0.2, 0.25) is 0 Å². The summed E-state index contributed by atoms with van der Waals surface area (Å²) in [6, 6.07) is 7.67. The molecule has 0 atom stereocenters. The number of hydrogen-bond acceptors (Lipinski definition) is 3. The van der Waals surface area contributed by atoms with E-state index >= 15 is 0 Å². The van der Waals surface area contributed by atoms with E-state index < -0.39 is 4.92 Å². The van der Waals surface area contributed by atoms with Gasteiger partial charge in [0.1, 0.15) is 0 Å². The van der Waals surface area contributed by atoms with E-state index in [9.17, 15) is 14.9 Å². The Morgan fingerprint density at radius 2 is 1.94 bits per heavy atom. The zero-order valence-electron chi connectivity index (χ0n) is 8.54. The molecule has 0 aliphatic heterocycles. The van der Waals surface area contributed by atoms with E-state index in [4.69, 9.17) is 0 Å². The van der Waals surface area contributed by atoms with Crippen LogP contribution in [0.25, 0.3) is 5.69 Å². The minimum Gasteiger partial charge on any atom is -0.313 e. The van der Waals surface area contributed by atoms with Gasteiger partial charge in [0.2, 0.25) is 0 Å². The fourth-order valence-corrected chi connectivity index (χ4v) is 1.93. The molecule has 2 rings (SSSR count). The van der Waals surface area contributed by atoms with E-state index in [0.717, 1.165) is 10.8 Å². The lowest BCUT2D eigenvalue weighted by atomic mass is 10.3. The molecule has 0 radical (unpaired) electrons. The van der Waals surface area contributed by atoms with Crippen LogP contribution in [-0.2, 0) is 0 Å². The number of nitro groups is 1. The highest BCUT2D eigenvalue weighted by molar-refractivity contribution is 9.10. The third kappa shape index (κ3) is 2.26. The molecule has 1 heterocycles. The molecule has 0 saturated carbocycles. The van der Waals surface area contributed by atoms with Crippen molar-refractivity contribution in [2.45, 2.75) is 0 Å². The smallest absolute Gasteiger partial charge is 0.269 e. The Labute approximate surface area is 105 Å². The second-order valence-corrected chi connectivity index (χ2v) is 4.26. The zero-order valence-corrected chi connectivity index (χ0v) is 10.1. The van der Waals surface area contributed by atoms with Gasteiger partial charge >= 0.3 is 0 Å². The van der Waals surface area contributed by atoms with Crippen LogP contribution >= 0.6 is 15.9 Å². The molecule has 86 valence electrons. The molecule has 1 aromatic heterocycles. The Morgan fingerprint density at radius 1 is 1.29 bits per heavy atom. The maximum Gasteiger partial charge on any atom is 0.269 e. The number of carbonyl (C=O) groups excluding carboxylic acids is 1. The number of halogens is 1. The number of aldehydes is 1. The lowest BCUT2D eigenvalue weighted by Crippen LogP contribution is -1.97. The van der Waals surface area contributed by atoms with Crippen LogP contribution in [-0.4, -0.2) is 15.8 Å². The number of carbonyl (C=O) groups is 1. The van der Waals surface area contributed by atoms with Crippen molar-refractivity contribution in [3.8, 4) is 5.69 Å². The highest BCUT2D eigenvalue weighted by atomic mass is 79.9. The summed E-state index contributed by atoms with van der Waals surface area (Å²) in [4.78, 5) is 20.9. The van der Waals surface area contributed by atoms with Crippen molar-refractivity contribution >= 4 is 27.9 Å². The first-order chi connectivity index (χ1) is 8.11. The van der Waals surface area contributed by atoms with Gasteiger partial charge in [-0.05, 0) is 34.1 Å². The molecule has 0 aliphatic carbocycles. The molecule has 1 aromatic carbocycles. The van der Waals surface area contributed by atoms with Crippen LogP contribution in [0.4, 0.5) is 5.69 Å². The fraction of sp³-hybridized carbons (Fsp3) is 0. The third-order valence-corrected chi connectivity index (χ3v) is 2.71. The molecule has 0 spiro atoms. The maximum atomic E-state index is 10.8. The maximum absolute atomic E-state index is 10.8. The first kappa shape index (κ1) is 11.5. The van der Waals surface area contributed by atoms with Crippen LogP contribution in [0.1, 0.15) is 10.5 Å². The average molecular weight is 295 g/mol. The molecule has 6 heteroatoms. The quantitative estimate of drug-likeness (QED) is 0.497. The number of nitro benzene ring substituents is 1. The molecule has 0 bridgehead atoms. The summed E-state index contributed by atoms with van der Waals surface area (Å²) < 4.78 is 2.43. The number of benzene rings is 1. The Kier molecular flexibility index (Phi) is 3.06. The molecule has 17 heavy (non-hydrogen) atoms. The van der Waals surface area contributed by atoms with Crippen molar-refractivity contribution in [2.75, 3.05) is 0 Å². The van der Waals surface area contributed by atoms with E-state index in [2.05, 4.69) is 15.9 Å². The van der Waals surface area contributed by atoms with E-state index in [-0.39, 0.29) is 5.69 Å². The van der Waals surface area contributed by atoms with Gasteiger partial charge in [0.05, 0.1) is 10.6 Å². The SMILES string of the molecule is O=Cc1cc(Br)cn1-c1ccc([N+](=O)[O-])cc1. The van der Waals surface area contributed by atoms with Gasteiger partial charge in [-0.15, -0.1) is 0 Å². The van der Waals surface area contributed by atoms with Gasteiger partial charge in [0, 0.05) is 28.5 Å². The van der Waals surface area contributed by atoms with Crippen molar-refractivity contribution in [1.82, 2.24) is 4.57 Å². The first-order valence-electron chi connectivity index (χ1n) is 4.69. The zero-order chi connectivity index (χ0) is 12.4. The van der Waals surface area contributed by atoms with Crippen molar-refractivity contribution in [1.29, 1.82) is 0 Å². The summed E-state index contributed by atoms with van der Waals surface area (Å²) in [6.45, 7) is 0. The van der Waals surface area contributed by atoms with Gasteiger partial charge in [-0.1, -0.05) is 0 Å². The van der Waals surface area contributed by atoms with Crippen LogP contribution in [0.15, 0.2) is 41.0 Å². The van der Waals surface area contributed by atoms with Crippen molar-refractivity contribution in [3.63, 3.8) is 0 Å². The Balaban J connectivity index is 2.46.